The Morgan fingerprint density at radius 2 is 1.90 bits per heavy atom. The van der Waals surface area contributed by atoms with Crippen molar-refractivity contribution >= 4 is 5.82 Å². The first-order valence-corrected chi connectivity index (χ1v) is 8.06. The number of pyridine rings is 1. The lowest BCUT2D eigenvalue weighted by Crippen LogP contribution is -2.48. The van der Waals surface area contributed by atoms with Gasteiger partial charge in [-0.2, -0.15) is 0 Å². The van der Waals surface area contributed by atoms with E-state index in [9.17, 15) is 0 Å². The Bertz CT molecular complexity index is 405. The SMILES string of the molecule is CNC(CCN1CCN(c2ccccn2)CC1)C(C)(C)C. The summed E-state index contributed by atoms with van der Waals surface area (Å²) in [5, 5.41) is 3.47. The van der Waals surface area contributed by atoms with Crippen LogP contribution in [0.5, 0.6) is 0 Å². The average Bonchev–Trinajstić information content (AvgIpc) is 2.48. The molecule has 0 bridgehead atoms. The van der Waals surface area contributed by atoms with Crippen LogP contribution in [-0.2, 0) is 0 Å². The molecule has 1 aliphatic rings. The highest BCUT2D eigenvalue weighted by molar-refractivity contribution is 5.38. The van der Waals surface area contributed by atoms with Crippen LogP contribution in [0.3, 0.4) is 0 Å². The summed E-state index contributed by atoms with van der Waals surface area (Å²) in [6, 6.07) is 6.72. The van der Waals surface area contributed by atoms with Crippen LogP contribution in [0.15, 0.2) is 24.4 Å². The summed E-state index contributed by atoms with van der Waals surface area (Å²) in [4.78, 5) is 9.41. The second kappa shape index (κ2) is 7.23. The molecule has 4 heteroatoms. The Morgan fingerprint density at radius 1 is 1.19 bits per heavy atom. The fraction of sp³-hybridized carbons (Fsp3) is 0.706. The van der Waals surface area contributed by atoms with E-state index >= 15 is 0 Å². The van der Waals surface area contributed by atoms with Gasteiger partial charge in [-0.3, -0.25) is 4.90 Å². The number of piperazine rings is 1. The summed E-state index contributed by atoms with van der Waals surface area (Å²) >= 11 is 0. The molecular formula is C17H30N4. The first-order valence-electron chi connectivity index (χ1n) is 8.06. The molecule has 1 fully saturated rings. The first-order chi connectivity index (χ1) is 10.0. The monoisotopic (exact) mass is 290 g/mol. The minimum absolute atomic E-state index is 0.324. The molecular weight excluding hydrogens is 260 g/mol. The molecule has 21 heavy (non-hydrogen) atoms. The third kappa shape index (κ3) is 4.68. The Morgan fingerprint density at radius 3 is 2.43 bits per heavy atom. The van der Waals surface area contributed by atoms with E-state index in [2.05, 4.69) is 60.1 Å². The molecule has 1 aromatic heterocycles. The molecule has 1 unspecified atom stereocenters. The van der Waals surface area contributed by atoms with Crippen LogP contribution in [0.2, 0.25) is 0 Å². The Labute approximate surface area is 129 Å². The predicted molar refractivity (Wildman–Crippen MR) is 89.8 cm³/mol. The zero-order chi connectivity index (χ0) is 15.3. The Balaban J connectivity index is 1.77. The lowest BCUT2D eigenvalue weighted by Gasteiger charge is -2.37. The quantitative estimate of drug-likeness (QED) is 0.901. The third-order valence-corrected chi connectivity index (χ3v) is 4.47. The largest absolute Gasteiger partial charge is 0.354 e. The first kappa shape index (κ1) is 16.2. The molecule has 0 radical (unpaired) electrons. The number of hydrogen-bond donors (Lipinski definition) is 1. The molecule has 118 valence electrons. The van der Waals surface area contributed by atoms with Crippen molar-refractivity contribution in [3.63, 3.8) is 0 Å². The van der Waals surface area contributed by atoms with E-state index in [1.807, 2.05) is 12.3 Å². The van der Waals surface area contributed by atoms with Crippen LogP contribution in [0.1, 0.15) is 27.2 Å². The maximum Gasteiger partial charge on any atom is 0.128 e. The Kier molecular flexibility index (Phi) is 5.59. The second-order valence-corrected chi connectivity index (χ2v) is 7.01. The van der Waals surface area contributed by atoms with Crippen LogP contribution < -0.4 is 10.2 Å². The van der Waals surface area contributed by atoms with Gasteiger partial charge in [0.05, 0.1) is 0 Å². The number of nitrogens with zero attached hydrogens (tertiary/aromatic N) is 3. The van der Waals surface area contributed by atoms with Gasteiger partial charge < -0.3 is 10.2 Å². The molecule has 0 amide bonds. The van der Waals surface area contributed by atoms with Crippen LogP contribution in [-0.4, -0.2) is 55.7 Å². The maximum atomic E-state index is 4.44. The molecule has 2 rings (SSSR count). The van der Waals surface area contributed by atoms with E-state index in [1.165, 1.54) is 13.0 Å². The summed E-state index contributed by atoms with van der Waals surface area (Å²) < 4.78 is 0. The van der Waals surface area contributed by atoms with Crippen molar-refractivity contribution in [3.8, 4) is 0 Å². The number of rotatable bonds is 5. The van der Waals surface area contributed by atoms with Gasteiger partial charge in [0.1, 0.15) is 5.82 Å². The molecule has 0 saturated carbocycles. The van der Waals surface area contributed by atoms with E-state index in [1.54, 1.807) is 0 Å². The zero-order valence-electron chi connectivity index (χ0n) is 14.0. The summed E-state index contributed by atoms with van der Waals surface area (Å²) in [5.41, 5.74) is 0.324. The lowest BCUT2D eigenvalue weighted by atomic mass is 9.85. The predicted octanol–water partition coefficient (Wildman–Crippen LogP) is 2.23. The topological polar surface area (TPSA) is 31.4 Å². The molecule has 0 aromatic carbocycles. The molecule has 2 heterocycles. The molecule has 0 aliphatic carbocycles. The molecule has 0 spiro atoms. The zero-order valence-corrected chi connectivity index (χ0v) is 14.0. The summed E-state index contributed by atoms with van der Waals surface area (Å²) in [6.07, 6.45) is 3.09. The van der Waals surface area contributed by atoms with Gasteiger partial charge in [-0.25, -0.2) is 4.98 Å². The highest BCUT2D eigenvalue weighted by atomic mass is 15.3. The van der Waals surface area contributed by atoms with Crippen molar-refractivity contribution in [3.05, 3.63) is 24.4 Å². The standard InChI is InChI=1S/C17H30N4/c1-17(2,3)15(18-4)8-10-20-11-13-21(14-12-20)16-7-5-6-9-19-16/h5-7,9,15,18H,8,10-14H2,1-4H3. The van der Waals surface area contributed by atoms with Gasteiger partial charge in [-0.1, -0.05) is 26.8 Å². The van der Waals surface area contributed by atoms with Crippen molar-refractivity contribution in [1.29, 1.82) is 0 Å². The number of nitrogens with one attached hydrogen (secondary N) is 1. The van der Waals surface area contributed by atoms with Gasteiger partial charge >= 0.3 is 0 Å². The molecule has 1 saturated heterocycles. The van der Waals surface area contributed by atoms with Gasteiger partial charge in [-0.05, 0) is 37.6 Å². The molecule has 1 aromatic rings. The molecule has 4 nitrogen and oxygen atoms in total. The van der Waals surface area contributed by atoms with E-state index in [0.717, 1.165) is 32.0 Å². The van der Waals surface area contributed by atoms with Gasteiger partial charge in [0.2, 0.25) is 0 Å². The molecule has 1 N–H and O–H groups in total. The van der Waals surface area contributed by atoms with Gasteiger partial charge in [0, 0.05) is 38.4 Å². The highest BCUT2D eigenvalue weighted by Crippen LogP contribution is 2.22. The van der Waals surface area contributed by atoms with Crippen LogP contribution >= 0.6 is 0 Å². The highest BCUT2D eigenvalue weighted by Gasteiger charge is 2.24. The summed E-state index contributed by atoms with van der Waals surface area (Å²) in [7, 11) is 2.08. The minimum atomic E-state index is 0.324. The summed E-state index contributed by atoms with van der Waals surface area (Å²) in [5.74, 6) is 1.11. The Hall–Kier alpha value is -1.13. The van der Waals surface area contributed by atoms with Crippen LogP contribution in [0, 0.1) is 5.41 Å². The van der Waals surface area contributed by atoms with Crippen LogP contribution in [0.4, 0.5) is 5.82 Å². The average molecular weight is 290 g/mol. The van der Waals surface area contributed by atoms with Crippen molar-refractivity contribution in [2.75, 3.05) is 44.7 Å². The van der Waals surface area contributed by atoms with Crippen molar-refractivity contribution in [2.24, 2.45) is 5.41 Å². The maximum absolute atomic E-state index is 4.44. The normalized spacial score (nSPS) is 18.8. The van der Waals surface area contributed by atoms with Gasteiger partial charge in [0.25, 0.3) is 0 Å². The van der Waals surface area contributed by atoms with Crippen LogP contribution in [0.25, 0.3) is 0 Å². The van der Waals surface area contributed by atoms with E-state index < -0.39 is 0 Å². The third-order valence-electron chi connectivity index (χ3n) is 4.47. The number of anilines is 1. The van der Waals surface area contributed by atoms with Crippen molar-refractivity contribution in [1.82, 2.24) is 15.2 Å². The fourth-order valence-electron chi connectivity index (χ4n) is 3.06. The van der Waals surface area contributed by atoms with E-state index in [0.29, 0.717) is 11.5 Å². The molecule has 1 aliphatic heterocycles. The lowest BCUT2D eigenvalue weighted by molar-refractivity contribution is 0.203. The minimum Gasteiger partial charge on any atom is -0.354 e. The van der Waals surface area contributed by atoms with Gasteiger partial charge in [0.15, 0.2) is 0 Å². The fourth-order valence-corrected chi connectivity index (χ4v) is 3.06. The van der Waals surface area contributed by atoms with Gasteiger partial charge in [-0.15, -0.1) is 0 Å². The van der Waals surface area contributed by atoms with E-state index in [4.69, 9.17) is 0 Å². The van der Waals surface area contributed by atoms with Crippen molar-refractivity contribution in [2.45, 2.75) is 33.2 Å². The van der Waals surface area contributed by atoms with Crippen molar-refractivity contribution < 1.29 is 0 Å². The second-order valence-electron chi connectivity index (χ2n) is 7.01. The van der Waals surface area contributed by atoms with E-state index in [-0.39, 0.29) is 0 Å². The molecule has 1 atom stereocenters. The number of hydrogen-bond acceptors (Lipinski definition) is 4. The smallest absolute Gasteiger partial charge is 0.128 e. The summed E-state index contributed by atoms with van der Waals surface area (Å²) in [6.45, 7) is 12.5. The number of aromatic nitrogens is 1.